The first-order valence-corrected chi connectivity index (χ1v) is 7.21. The predicted octanol–water partition coefficient (Wildman–Crippen LogP) is 0.636. The Bertz CT molecular complexity index is 691. The molecule has 0 saturated carbocycles. The van der Waals surface area contributed by atoms with E-state index in [0.717, 1.165) is 11.0 Å². The van der Waals surface area contributed by atoms with Crippen LogP contribution in [0.1, 0.15) is 22.3 Å². The zero-order valence-electron chi connectivity index (χ0n) is 12.2. The maximum absolute atomic E-state index is 14.3. The molecule has 1 aromatic carbocycles. The van der Waals surface area contributed by atoms with Crippen LogP contribution >= 0.6 is 0 Å². The number of benzene rings is 1. The molecule has 7 nitrogen and oxygen atoms in total. The van der Waals surface area contributed by atoms with Crippen molar-refractivity contribution in [3.8, 4) is 0 Å². The molecular weight excluding hydrogens is 307 g/mol. The summed E-state index contributed by atoms with van der Waals surface area (Å²) in [4.78, 5) is 36.2. The summed E-state index contributed by atoms with van der Waals surface area (Å²) in [5.41, 5.74) is 0.828. The predicted molar refractivity (Wildman–Crippen MR) is 76.6 cm³/mol. The zero-order valence-corrected chi connectivity index (χ0v) is 12.2. The van der Waals surface area contributed by atoms with Crippen molar-refractivity contribution in [3.05, 3.63) is 29.1 Å². The van der Waals surface area contributed by atoms with E-state index in [-0.39, 0.29) is 37.6 Å². The zero-order chi connectivity index (χ0) is 16.6. The molecule has 3 rings (SSSR count). The molecule has 2 aliphatic heterocycles. The van der Waals surface area contributed by atoms with Crippen molar-refractivity contribution in [3.63, 3.8) is 0 Å². The van der Waals surface area contributed by atoms with E-state index in [1.807, 2.05) is 0 Å². The Hall–Kier alpha value is -2.48. The number of ether oxygens (including phenoxy) is 1. The third kappa shape index (κ3) is 2.89. The van der Waals surface area contributed by atoms with Crippen LogP contribution in [0.5, 0.6) is 0 Å². The van der Waals surface area contributed by atoms with Crippen LogP contribution in [-0.2, 0) is 20.7 Å². The van der Waals surface area contributed by atoms with Crippen LogP contribution < -0.4 is 5.32 Å². The highest BCUT2D eigenvalue weighted by atomic mass is 19.1. The molecule has 23 heavy (non-hydrogen) atoms. The summed E-state index contributed by atoms with van der Waals surface area (Å²) in [6.07, 6.45) is 0.675. The number of hydrogen-bond donors (Lipinski definition) is 2. The van der Waals surface area contributed by atoms with Crippen molar-refractivity contribution < 1.29 is 28.6 Å². The SMILES string of the molecule is O=C1CCc2cc(C(=O)N3CCOCC3C(=O)O)c(F)cc2N1. The number of aryl methyl sites for hydroxylation is 1. The molecule has 2 aliphatic rings. The molecule has 0 aliphatic carbocycles. The van der Waals surface area contributed by atoms with Crippen molar-refractivity contribution >= 4 is 23.5 Å². The normalized spacial score (nSPS) is 20.7. The van der Waals surface area contributed by atoms with Gasteiger partial charge in [-0.15, -0.1) is 0 Å². The number of hydrogen-bond acceptors (Lipinski definition) is 4. The van der Waals surface area contributed by atoms with E-state index >= 15 is 0 Å². The fraction of sp³-hybridized carbons (Fsp3) is 0.400. The quantitative estimate of drug-likeness (QED) is 0.833. The summed E-state index contributed by atoms with van der Waals surface area (Å²) < 4.78 is 19.3. The molecule has 2 amide bonds. The first-order valence-electron chi connectivity index (χ1n) is 7.21. The number of carbonyl (C=O) groups is 3. The highest BCUT2D eigenvalue weighted by Crippen LogP contribution is 2.27. The van der Waals surface area contributed by atoms with Gasteiger partial charge in [-0.2, -0.15) is 0 Å². The Balaban J connectivity index is 1.93. The third-order valence-electron chi connectivity index (χ3n) is 3.99. The Morgan fingerprint density at radius 2 is 2.13 bits per heavy atom. The maximum atomic E-state index is 14.3. The molecule has 2 N–H and O–H groups in total. The van der Waals surface area contributed by atoms with Crippen LogP contribution in [0.2, 0.25) is 0 Å². The maximum Gasteiger partial charge on any atom is 0.328 e. The topological polar surface area (TPSA) is 95.9 Å². The Morgan fingerprint density at radius 1 is 1.35 bits per heavy atom. The average Bonchev–Trinajstić information content (AvgIpc) is 2.53. The minimum absolute atomic E-state index is 0.0864. The highest BCUT2D eigenvalue weighted by molar-refractivity contribution is 5.99. The molecule has 1 aromatic rings. The summed E-state index contributed by atoms with van der Waals surface area (Å²) in [5, 5.41) is 11.7. The lowest BCUT2D eigenvalue weighted by Crippen LogP contribution is -2.52. The average molecular weight is 322 g/mol. The van der Waals surface area contributed by atoms with E-state index in [9.17, 15) is 23.9 Å². The fourth-order valence-electron chi connectivity index (χ4n) is 2.77. The Kier molecular flexibility index (Phi) is 3.99. The van der Waals surface area contributed by atoms with E-state index in [1.54, 1.807) is 0 Å². The van der Waals surface area contributed by atoms with E-state index in [1.165, 1.54) is 6.07 Å². The molecule has 1 unspecified atom stereocenters. The molecule has 0 bridgehead atoms. The number of anilines is 1. The van der Waals surface area contributed by atoms with Crippen LogP contribution in [0.15, 0.2) is 12.1 Å². The molecule has 8 heteroatoms. The molecule has 0 aromatic heterocycles. The lowest BCUT2D eigenvalue weighted by Gasteiger charge is -2.33. The molecule has 1 saturated heterocycles. The van der Waals surface area contributed by atoms with Crippen molar-refractivity contribution in [1.29, 1.82) is 0 Å². The van der Waals surface area contributed by atoms with Gasteiger partial charge in [-0.05, 0) is 24.1 Å². The minimum atomic E-state index is -1.19. The number of nitrogens with zero attached hydrogens (tertiary/aromatic N) is 1. The number of carboxylic acids is 1. The van der Waals surface area contributed by atoms with Crippen LogP contribution in [-0.4, -0.2) is 53.6 Å². The standard InChI is InChI=1S/C15H15FN2O5/c16-10-6-11-8(1-2-13(19)17-11)5-9(10)14(20)18-3-4-23-7-12(18)15(21)22/h5-6,12H,1-4,7H2,(H,17,19)(H,21,22). The van der Waals surface area contributed by atoms with Crippen molar-refractivity contribution in [2.24, 2.45) is 0 Å². The van der Waals surface area contributed by atoms with Gasteiger partial charge in [0.25, 0.3) is 5.91 Å². The molecular formula is C15H15FN2O5. The largest absolute Gasteiger partial charge is 0.480 e. The minimum Gasteiger partial charge on any atom is -0.480 e. The van der Waals surface area contributed by atoms with Crippen molar-refractivity contribution in [1.82, 2.24) is 4.90 Å². The first-order chi connectivity index (χ1) is 11.0. The van der Waals surface area contributed by atoms with Gasteiger partial charge in [-0.3, -0.25) is 9.59 Å². The lowest BCUT2D eigenvalue weighted by molar-refractivity contribution is -0.147. The van der Waals surface area contributed by atoms with Gasteiger partial charge in [0.15, 0.2) is 6.04 Å². The second-order valence-electron chi connectivity index (χ2n) is 5.46. The number of morpholine rings is 1. The van der Waals surface area contributed by atoms with Crippen LogP contribution in [0.25, 0.3) is 0 Å². The van der Waals surface area contributed by atoms with Crippen LogP contribution in [0.3, 0.4) is 0 Å². The fourth-order valence-corrected chi connectivity index (χ4v) is 2.77. The Labute approximate surface area is 131 Å². The summed E-state index contributed by atoms with van der Waals surface area (Å²) in [6.45, 7) is 0.172. The number of carbonyl (C=O) groups excluding carboxylic acids is 2. The molecule has 122 valence electrons. The molecule has 2 heterocycles. The highest BCUT2D eigenvalue weighted by Gasteiger charge is 2.34. The molecule has 1 fully saturated rings. The van der Waals surface area contributed by atoms with Gasteiger partial charge in [0.2, 0.25) is 5.91 Å². The second kappa shape index (κ2) is 5.96. The number of amides is 2. The van der Waals surface area contributed by atoms with Gasteiger partial charge in [-0.1, -0.05) is 0 Å². The van der Waals surface area contributed by atoms with Crippen LogP contribution in [0, 0.1) is 5.82 Å². The monoisotopic (exact) mass is 322 g/mol. The number of nitrogens with one attached hydrogen (secondary N) is 1. The van der Waals surface area contributed by atoms with E-state index in [4.69, 9.17) is 4.74 Å². The molecule has 0 spiro atoms. The van der Waals surface area contributed by atoms with Crippen molar-refractivity contribution in [2.75, 3.05) is 25.1 Å². The summed E-state index contributed by atoms with van der Waals surface area (Å²) >= 11 is 0. The van der Waals surface area contributed by atoms with Gasteiger partial charge in [0.1, 0.15) is 5.82 Å². The summed E-state index contributed by atoms with van der Waals surface area (Å²) in [7, 11) is 0. The summed E-state index contributed by atoms with van der Waals surface area (Å²) in [5.74, 6) is -2.86. The smallest absolute Gasteiger partial charge is 0.328 e. The number of aliphatic carboxylic acids is 1. The van der Waals surface area contributed by atoms with E-state index in [2.05, 4.69) is 5.32 Å². The number of halogens is 1. The Morgan fingerprint density at radius 3 is 2.87 bits per heavy atom. The van der Waals surface area contributed by atoms with Gasteiger partial charge in [-0.25, -0.2) is 9.18 Å². The summed E-state index contributed by atoms with van der Waals surface area (Å²) in [6, 6.07) is 1.36. The van der Waals surface area contributed by atoms with Gasteiger partial charge in [0, 0.05) is 18.7 Å². The molecule has 0 radical (unpaired) electrons. The number of rotatable bonds is 2. The lowest BCUT2D eigenvalue weighted by atomic mass is 9.99. The first kappa shape index (κ1) is 15.4. The van der Waals surface area contributed by atoms with Gasteiger partial charge < -0.3 is 20.1 Å². The molecule has 1 atom stereocenters. The van der Waals surface area contributed by atoms with Gasteiger partial charge in [0.05, 0.1) is 18.8 Å². The third-order valence-corrected chi connectivity index (χ3v) is 3.99. The number of carboxylic acid groups (broad SMARTS) is 1. The van der Waals surface area contributed by atoms with E-state index < -0.39 is 23.7 Å². The number of fused-ring (bicyclic) bond motifs is 1. The van der Waals surface area contributed by atoms with E-state index in [0.29, 0.717) is 17.7 Å². The van der Waals surface area contributed by atoms with Gasteiger partial charge >= 0.3 is 5.97 Å². The van der Waals surface area contributed by atoms with Crippen molar-refractivity contribution in [2.45, 2.75) is 18.9 Å². The second-order valence-corrected chi connectivity index (χ2v) is 5.46. The van der Waals surface area contributed by atoms with Crippen LogP contribution in [0.4, 0.5) is 10.1 Å².